The summed E-state index contributed by atoms with van der Waals surface area (Å²) in [5.41, 5.74) is 1.41. The lowest BCUT2D eigenvalue weighted by atomic mass is 9.74. The Balaban J connectivity index is 1.81. The minimum absolute atomic E-state index is 0.0728. The standard InChI is InChI=1S/C17H18BrClN2O/c18-14-3-1-2-13(10-14)17(6-8-22-9-7-17)12-21-16-5-4-15(19)11-20-16/h1-5,10-11H,6-9,12H2,(H,20,21). The van der Waals surface area contributed by atoms with Gasteiger partial charge in [0.25, 0.3) is 0 Å². The second-order valence-corrected chi connectivity index (χ2v) is 6.97. The molecular weight excluding hydrogens is 364 g/mol. The molecule has 3 rings (SSSR count). The zero-order chi connectivity index (χ0) is 15.4. The summed E-state index contributed by atoms with van der Waals surface area (Å²) < 4.78 is 6.68. The molecule has 3 nitrogen and oxygen atoms in total. The van der Waals surface area contributed by atoms with E-state index in [1.807, 2.05) is 12.1 Å². The van der Waals surface area contributed by atoms with Gasteiger partial charge in [-0.25, -0.2) is 4.98 Å². The molecule has 2 heterocycles. The lowest BCUT2D eigenvalue weighted by molar-refractivity contribution is 0.0543. The zero-order valence-corrected chi connectivity index (χ0v) is 14.5. The van der Waals surface area contributed by atoms with Gasteiger partial charge in [-0.15, -0.1) is 0 Å². The van der Waals surface area contributed by atoms with Gasteiger partial charge >= 0.3 is 0 Å². The van der Waals surface area contributed by atoms with Crippen molar-refractivity contribution in [3.05, 3.63) is 57.7 Å². The molecule has 1 aliphatic rings. The first-order chi connectivity index (χ1) is 10.7. The highest BCUT2D eigenvalue weighted by Crippen LogP contribution is 2.36. The van der Waals surface area contributed by atoms with E-state index in [-0.39, 0.29) is 5.41 Å². The van der Waals surface area contributed by atoms with Gasteiger partial charge in [0, 0.05) is 35.8 Å². The van der Waals surface area contributed by atoms with Crippen LogP contribution in [0.2, 0.25) is 5.02 Å². The Morgan fingerprint density at radius 2 is 2.05 bits per heavy atom. The molecule has 0 aliphatic carbocycles. The van der Waals surface area contributed by atoms with Crippen molar-refractivity contribution in [2.24, 2.45) is 0 Å². The summed E-state index contributed by atoms with van der Waals surface area (Å²) in [6.07, 6.45) is 3.67. The van der Waals surface area contributed by atoms with Gasteiger partial charge in [0.1, 0.15) is 5.82 Å². The number of halogens is 2. The first-order valence-corrected chi connectivity index (χ1v) is 8.54. The van der Waals surface area contributed by atoms with Crippen LogP contribution in [-0.2, 0) is 10.2 Å². The quantitative estimate of drug-likeness (QED) is 0.836. The maximum absolute atomic E-state index is 5.89. The number of hydrogen-bond acceptors (Lipinski definition) is 3. The number of nitrogens with zero attached hydrogens (tertiary/aromatic N) is 1. The van der Waals surface area contributed by atoms with Gasteiger partial charge in [0.15, 0.2) is 0 Å². The Kier molecular flexibility index (Phi) is 5.01. The average Bonchev–Trinajstić information content (AvgIpc) is 2.55. The second-order valence-electron chi connectivity index (χ2n) is 5.62. The maximum atomic E-state index is 5.89. The lowest BCUT2D eigenvalue weighted by Crippen LogP contribution is -2.40. The highest BCUT2D eigenvalue weighted by molar-refractivity contribution is 9.10. The van der Waals surface area contributed by atoms with Crippen LogP contribution in [0.3, 0.4) is 0 Å². The van der Waals surface area contributed by atoms with Crippen LogP contribution in [0.4, 0.5) is 5.82 Å². The normalized spacial score (nSPS) is 17.2. The van der Waals surface area contributed by atoms with Crippen molar-refractivity contribution in [2.45, 2.75) is 18.3 Å². The molecule has 0 bridgehead atoms. The van der Waals surface area contributed by atoms with Crippen LogP contribution in [0.5, 0.6) is 0 Å². The van der Waals surface area contributed by atoms with E-state index in [1.165, 1.54) is 5.56 Å². The summed E-state index contributed by atoms with van der Waals surface area (Å²) >= 11 is 9.47. The van der Waals surface area contributed by atoms with E-state index in [4.69, 9.17) is 16.3 Å². The van der Waals surface area contributed by atoms with Crippen molar-refractivity contribution in [3.8, 4) is 0 Å². The third-order valence-electron chi connectivity index (χ3n) is 4.22. The van der Waals surface area contributed by atoms with Crippen molar-refractivity contribution < 1.29 is 4.74 Å². The molecule has 1 fully saturated rings. The van der Waals surface area contributed by atoms with Gasteiger partial charge in [-0.3, -0.25) is 0 Å². The third-order valence-corrected chi connectivity index (χ3v) is 4.94. The fraction of sp³-hybridized carbons (Fsp3) is 0.353. The first-order valence-electron chi connectivity index (χ1n) is 7.37. The highest BCUT2D eigenvalue weighted by Gasteiger charge is 2.34. The Morgan fingerprint density at radius 3 is 2.73 bits per heavy atom. The predicted molar refractivity (Wildman–Crippen MR) is 93.6 cm³/mol. The van der Waals surface area contributed by atoms with Crippen LogP contribution in [0.25, 0.3) is 0 Å². The van der Waals surface area contributed by atoms with Gasteiger partial charge in [0.2, 0.25) is 0 Å². The number of ether oxygens (including phenoxy) is 1. The molecule has 1 N–H and O–H groups in total. The van der Waals surface area contributed by atoms with Gasteiger partial charge in [-0.1, -0.05) is 39.7 Å². The van der Waals surface area contributed by atoms with E-state index in [9.17, 15) is 0 Å². The summed E-state index contributed by atoms with van der Waals surface area (Å²) in [5.74, 6) is 0.852. The molecule has 0 radical (unpaired) electrons. The zero-order valence-electron chi connectivity index (χ0n) is 12.2. The molecule has 116 valence electrons. The Bertz CT molecular complexity index is 627. The van der Waals surface area contributed by atoms with Crippen molar-refractivity contribution in [2.75, 3.05) is 25.1 Å². The lowest BCUT2D eigenvalue weighted by Gasteiger charge is -2.38. The van der Waals surface area contributed by atoms with Crippen molar-refractivity contribution in [3.63, 3.8) is 0 Å². The molecule has 1 aromatic carbocycles. The largest absolute Gasteiger partial charge is 0.381 e. The highest BCUT2D eigenvalue weighted by atomic mass is 79.9. The molecule has 2 aromatic rings. The molecule has 5 heteroatoms. The van der Waals surface area contributed by atoms with E-state index >= 15 is 0 Å². The number of aromatic nitrogens is 1. The van der Waals surface area contributed by atoms with Crippen molar-refractivity contribution in [1.29, 1.82) is 0 Å². The SMILES string of the molecule is Clc1ccc(NCC2(c3cccc(Br)c3)CCOCC2)nc1. The maximum Gasteiger partial charge on any atom is 0.126 e. The molecule has 0 unspecified atom stereocenters. The van der Waals surface area contributed by atoms with Crippen LogP contribution in [0, 0.1) is 0 Å². The molecule has 0 spiro atoms. The van der Waals surface area contributed by atoms with Crippen LogP contribution in [0.15, 0.2) is 47.1 Å². The number of anilines is 1. The first kappa shape index (κ1) is 15.8. The van der Waals surface area contributed by atoms with E-state index in [1.54, 1.807) is 6.20 Å². The molecule has 1 aliphatic heterocycles. The van der Waals surface area contributed by atoms with E-state index in [0.29, 0.717) is 5.02 Å². The Labute approximate surface area is 144 Å². The Hall–Kier alpha value is -1.10. The summed E-state index contributed by atoms with van der Waals surface area (Å²) in [7, 11) is 0. The minimum Gasteiger partial charge on any atom is -0.381 e. The van der Waals surface area contributed by atoms with E-state index < -0.39 is 0 Å². The number of benzene rings is 1. The monoisotopic (exact) mass is 380 g/mol. The molecule has 0 atom stereocenters. The van der Waals surface area contributed by atoms with E-state index in [2.05, 4.69) is 50.5 Å². The van der Waals surface area contributed by atoms with Gasteiger partial charge in [-0.05, 0) is 42.7 Å². The van der Waals surface area contributed by atoms with Crippen LogP contribution in [-0.4, -0.2) is 24.7 Å². The molecule has 0 saturated carbocycles. The summed E-state index contributed by atoms with van der Waals surface area (Å²) in [5, 5.41) is 4.11. The fourth-order valence-corrected chi connectivity index (χ4v) is 3.40. The number of rotatable bonds is 4. The molecular formula is C17H18BrClN2O. The molecule has 1 aromatic heterocycles. The Morgan fingerprint density at radius 1 is 1.23 bits per heavy atom. The van der Waals surface area contributed by atoms with Crippen molar-refractivity contribution >= 4 is 33.3 Å². The van der Waals surface area contributed by atoms with Crippen LogP contribution in [0.1, 0.15) is 18.4 Å². The van der Waals surface area contributed by atoms with Gasteiger partial charge in [-0.2, -0.15) is 0 Å². The topological polar surface area (TPSA) is 34.1 Å². The van der Waals surface area contributed by atoms with Gasteiger partial charge in [0.05, 0.1) is 5.02 Å². The average molecular weight is 382 g/mol. The molecule has 0 amide bonds. The number of nitrogens with one attached hydrogen (secondary N) is 1. The fourth-order valence-electron chi connectivity index (χ4n) is 2.89. The summed E-state index contributed by atoms with van der Waals surface area (Å²) in [6, 6.07) is 12.3. The summed E-state index contributed by atoms with van der Waals surface area (Å²) in [4.78, 5) is 4.32. The predicted octanol–water partition coefficient (Wildman–Crippen LogP) is 4.66. The van der Waals surface area contributed by atoms with Gasteiger partial charge < -0.3 is 10.1 Å². The minimum atomic E-state index is 0.0728. The third kappa shape index (κ3) is 3.62. The van der Waals surface area contributed by atoms with Crippen LogP contribution >= 0.6 is 27.5 Å². The van der Waals surface area contributed by atoms with Crippen LogP contribution < -0.4 is 5.32 Å². The smallest absolute Gasteiger partial charge is 0.126 e. The van der Waals surface area contributed by atoms with E-state index in [0.717, 1.165) is 42.9 Å². The number of hydrogen-bond donors (Lipinski definition) is 1. The molecule has 22 heavy (non-hydrogen) atoms. The van der Waals surface area contributed by atoms with Crippen molar-refractivity contribution in [1.82, 2.24) is 4.98 Å². The number of pyridine rings is 1. The summed E-state index contributed by atoms with van der Waals surface area (Å²) in [6.45, 7) is 2.42. The second kappa shape index (κ2) is 6.99. The molecule has 1 saturated heterocycles.